The third-order valence-electron chi connectivity index (χ3n) is 3.92. The molecule has 1 unspecified atom stereocenters. The van der Waals surface area contributed by atoms with Gasteiger partial charge in [0.15, 0.2) is 0 Å². The summed E-state index contributed by atoms with van der Waals surface area (Å²) in [6.07, 6.45) is 1.46. The van der Waals surface area contributed by atoms with Gasteiger partial charge in [0.05, 0.1) is 16.4 Å². The quantitative estimate of drug-likeness (QED) is 0.571. The zero-order valence-corrected chi connectivity index (χ0v) is 14.6. The van der Waals surface area contributed by atoms with E-state index in [1.807, 2.05) is 0 Å². The third-order valence-corrected chi connectivity index (χ3v) is 4.57. The normalized spacial score (nSPS) is 17.4. The molecule has 8 nitrogen and oxygen atoms in total. The second-order valence-electron chi connectivity index (χ2n) is 5.59. The average molecular weight is 399 g/mol. The van der Waals surface area contributed by atoms with Gasteiger partial charge in [-0.15, -0.1) is 0 Å². The molecule has 0 aliphatic carbocycles. The highest BCUT2D eigenvalue weighted by atomic mass is 79.9. The van der Waals surface area contributed by atoms with Crippen LogP contribution < -0.4 is 11.1 Å². The van der Waals surface area contributed by atoms with E-state index in [0.717, 1.165) is 12.8 Å². The molecule has 0 radical (unpaired) electrons. The number of nitrogens with one attached hydrogen (secondary N) is 1. The first-order chi connectivity index (χ1) is 11.4. The monoisotopic (exact) mass is 398 g/mol. The van der Waals surface area contributed by atoms with E-state index in [0.29, 0.717) is 36.2 Å². The molecule has 3 N–H and O–H groups in total. The van der Waals surface area contributed by atoms with Crippen LogP contribution in [0.1, 0.15) is 23.2 Å². The van der Waals surface area contributed by atoms with Gasteiger partial charge in [-0.2, -0.15) is 0 Å². The minimum atomic E-state index is -0.516. The van der Waals surface area contributed by atoms with Crippen molar-refractivity contribution < 1.29 is 14.5 Å². The lowest BCUT2D eigenvalue weighted by Gasteiger charge is -2.32. The number of benzene rings is 1. The predicted molar refractivity (Wildman–Crippen MR) is 91.5 cm³/mol. The molecule has 1 saturated heterocycles. The van der Waals surface area contributed by atoms with Crippen molar-refractivity contribution in [2.45, 2.75) is 12.8 Å². The van der Waals surface area contributed by atoms with Gasteiger partial charge in [0.25, 0.3) is 11.6 Å². The molecule has 1 aliphatic heterocycles. The first-order valence-corrected chi connectivity index (χ1v) is 8.44. The number of likely N-dealkylation sites (tertiary alicyclic amines) is 1. The van der Waals surface area contributed by atoms with Crippen LogP contribution in [0.4, 0.5) is 5.69 Å². The minimum Gasteiger partial charge on any atom is -0.355 e. The van der Waals surface area contributed by atoms with E-state index in [9.17, 15) is 19.7 Å². The number of hydrogen-bond donors (Lipinski definition) is 2. The van der Waals surface area contributed by atoms with Crippen molar-refractivity contribution in [1.29, 1.82) is 0 Å². The molecule has 9 heteroatoms. The Labute approximate surface area is 147 Å². The smallest absolute Gasteiger partial charge is 0.270 e. The number of carbonyl (C=O) groups is 2. The van der Waals surface area contributed by atoms with Crippen molar-refractivity contribution in [1.82, 2.24) is 10.2 Å². The lowest BCUT2D eigenvalue weighted by atomic mass is 9.96. The van der Waals surface area contributed by atoms with E-state index >= 15 is 0 Å². The fourth-order valence-corrected chi connectivity index (χ4v) is 3.21. The highest BCUT2D eigenvalue weighted by Gasteiger charge is 2.29. The van der Waals surface area contributed by atoms with Crippen LogP contribution in [0, 0.1) is 16.0 Å². The van der Waals surface area contributed by atoms with Crippen molar-refractivity contribution in [3.05, 3.63) is 38.3 Å². The summed E-state index contributed by atoms with van der Waals surface area (Å²) in [7, 11) is 0. The van der Waals surface area contributed by atoms with Crippen LogP contribution >= 0.6 is 15.9 Å². The van der Waals surface area contributed by atoms with Gasteiger partial charge >= 0.3 is 0 Å². The van der Waals surface area contributed by atoms with Gasteiger partial charge in [0, 0.05) is 42.8 Å². The molecule has 1 atom stereocenters. The van der Waals surface area contributed by atoms with Gasteiger partial charge in [0.2, 0.25) is 5.91 Å². The van der Waals surface area contributed by atoms with E-state index in [-0.39, 0.29) is 23.4 Å². The van der Waals surface area contributed by atoms with Gasteiger partial charge in [-0.05, 0) is 34.8 Å². The Morgan fingerprint density at radius 2 is 2.21 bits per heavy atom. The van der Waals surface area contributed by atoms with E-state index in [1.165, 1.54) is 18.2 Å². The number of non-ortho nitro benzene ring substituents is 1. The summed E-state index contributed by atoms with van der Waals surface area (Å²) in [6.45, 7) is 1.68. The van der Waals surface area contributed by atoms with E-state index in [4.69, 9.17) is 5.73 Å². The molecule has 1 aromatic carbocycles. The molecule has 1 aromatic rings. The van der Waals surface area contributed by atoms with Gasteiger partial charge in [0.1, 0.15) is 0 Å². The molecule has 130 valence electrons. The second-order valence-corrected chi connectivity index (χ2v) is 6.45. The minimum absolute atomic E-state index is 0.0869. The van der Waals surface area contributed by atoms with Crippen molar-refractivity contribution in [3.63, 3.8) is 0 Å². The summed E-state index contributed by atoms with van der Waals surface area (Å²) < 4.78 is 0.372. The fraction of sp³-hybridized carbons (Fsp3) is 0.467. The van der Waals surface area contributed by atoms with Gasteiger partial charge < -0.3 is 16.0 Å². The van der Waals surface area contributed by atoms with Gasteiger partial charge in [-0.1, -0.05) is 0 Å². The number of rotatable bonds is 5. The zero-order chi connectivity index (χ0) is 17.7. The summed E-state index contributed by atoms with van der Waals surface area (Å²) in [5.74, 6) is -0.597. The van der Waals surface area contributed by atoms with Crippen molar-refractivity contribution in [2.24, 2.45) is 11.7 Å². The number of nitrogens with zero attached hydrogens (tertiary/aromatic N) is 2. The molecule has 2 amide bonds. The second kappa shape index (κ2) is 8.20. The number of nitrogens with two attached hydrogens (primary N) is 1. The van der Waals surface area contributed by atoms with Crippen LogP contribution in [-0.4, -0.2) is 47.8 Å². The Bertz CT molecular complexity index is 652. The summed E-state index contributed by atoms with van der Waals surface area (Å²) in [6, 6.07) is 4.04. The number of halogens is 1. The highest BCUT2D eigenvalue weighted by Crippen LogP contribution is 2.26. The van der Waals surface area contributed by atoms with Crippen LogP contribution in [0.5, 0.6) is 0 Å². The van der Waals surface area contributed by atoms with Crippen molar-refractivity contribution in [2.75, 3.05) is 26.2 Å². The van der Waals surface area contributed by atoms with Crippen LogP contribution in [-0.2, 0) is 4.79 Å². The van der Waals surface area contributed by atoms with Gasteiger partial charge in [-0.25, -0.2) is 0 Å². The number of nitro groups is 1. The lowest BCUT2D eigenvalue weighted by molar-refractivity contribution is -0.384. The van der Waals surface area contributed by atoms with E-state index in [1.54, 1.807) is 4.90 Å². The average Bonchev–Trinajstić information content (AvgIpc) is 2.59. The Kier molecular flexibility index (Phi) is 6.27. The van der Waals surface area contributed by atoms with Crippen LogP contribution in [0.2, 0.25) is 0 Å². The van der Waals surface area contributed by atoms with Gasteiger partial charge in [-0.3, -0.25) is 19.7 Å². The van der Waals surface area contributed by atoms with E-state index in [2.05, 4.69) is 21.2 Å². The Morgan fingerprint density at radius 3 is 2.83 bits per heavy atom. The topological polar surface area (TPSA) is 119 Å². The lowest BCUT2D eigenvalue weighted by Crippen LogP contribution is -2.46. The Morgan fingerprint density at radius 1 is 1.46 bits per heavy atom. The highest BCUT2D eigenvalue weighted by molar-refractivity contribution is 9.10. The molecule has 1 heterocycles. The summed E-state index contributed by atoms with van der Waals surface area (Å²) in [5.41, 5.74) is 5.64. The molecule has 0 saturated carbocycles. The van der Waals surface area contributed by atoms with Crippen molar-refractivity contribution >= 4 is 33.4 Å². The fourth-order valence-electron chi connectivity index (χ4n) is 2.68. The largest absolute Gasteiger partial charge is 0.355 e. The first kappa shape index (κ1) is 18.3. The SMILES string of the molecule is NCCNC(=O)C1CCCN(C(=O)c2ccc([N+](=O)[O-])cc2Br)C1. The standard InChI is InChI=1S/C15H19BrN4O4/c16-13-8-11(20(23)24)3-4-12(13)15(22)19-7-1-2-10(9-19)14(21)18-6-5-17/h3-4,8,10H,1-2,5-7,9,17H2,(H,18,21). The molecular formula is C15H19BrN4O4. The molecule has 0 spiro atoms. The molecule has 24 heavy (non-hydrogen) atoms. The number of piperidine rings is 1. The Hall–Kier alpha value is -2.00. The predicted octanol–water partition coefficient (Wildman–Crippen LogP) is 1.28. The first-order valence-electron chi connectivity index (χ1n) is 7.65. The number of hydrogen-bond acceptors (Lipinski definition) is 5. The van der Waals surface area contributed by atoms with Crippen LogP contribution in [0.25, 0.3) is 0 Å². The molecule has 0 aromatic heterocycles. The zero-order valence-electron chi connectivity index (χ0n) is 13.0. The summed E-state index contributed by atoms with van der Waals surface area (Å²) in [5, 5.41) is 13.5. The molecule has 2 rings (SSSR count). The number of nitro benzene ring substituents is 1. The van der Waals surface area contributed by atoms with Crippen LogP contribution in [0.3, 0.4) is 0 Å². The molecule has 1 aliphatic rings. The van der Waals surface area contributed by atoms with E-state index < -0.39 is 4.92 Å². The maximum Gasteiger partial charge on any atom is 0.270 e. The molecular weight excluding hydrogens is 380 g/mol. The number of amides is 2. The van der Waals surface area contributed by atoms with Crippen LogP contribution in [0.15, 0.2) is 22.7 Å². The van der Waals surface area contributed by atoms with Crippen molar-refractivity contribution in [3.8, 4) is 0 Å². The maximum absolute atomic E-state index is 12.7. The third kappa shape index (κ3) is 4.30. The Balaban J connectivity index is 2.09. The number of carbonyl (C=O) groups excluding carboxylic acids is 2. The molecule has 1 fully saturated rings. The summed E-state index contributed by atoms with van der Waals surface area (Å²) in [4.78, 5) is 36.6. The summed E-state index contributed by atoms with van der Waals surface area (Å²) >= 11 is 3.22. The maximum atomic E-state index is 12.7. The molecule has 0 bridgehead atoms.